The van der Waals surface area contributed by atoms with Crippen LogP contribution in [-0.2, 0) is 29.0 Å². The summed E-state index contributed by atoms with van der Waals surface area (Å²) in [7, 11) is -4.34. The number of alkyl halides is 3. The number of benzene rings is 2. The fourth-order valence-corrected chi connectivity index (χ4v) is 6.07. The SMILES string of the molecule is CCCCc1nnc(CC2c3cccc(C)c3S(=O)(=O)N2C(=O)c2cccc(C(F)(F)F)c2)o1. The number of rotatable bonds is 6. The van der Waals surface area contributed by atoms with E-state index in [9.17, 15) is 26.4 Å². The van der Waals surface area contributed by atoms with Crippen molar-refractivity contribution in [3.05, 3.63) is 76.5 Å². The van der Waals surface area contributed by atoms with Gasteiger partial charge in [-0.05, 0) is 42.7 Å². The van der Waals surface area contributed by atoms with Gasteiger partial charge in [0.15, 0.2) is 0 Å². The molecule has 1 aromatic heterocycles. The van der Waals surface area contributed by atoms with E-state index in [2.05, 4.69) is 10.2 Å². The lowest BCUT2D eigenvalue weighted by Crippen LogP contribution is -2.36. The summed E-state index contributed by atoms with van der Waals surface area (Å²) in [4.78, 5) is 13.3. The topological polar surface area (TPSA) is 93.4 Å². The lowest BCUT2D eigenvalue weighted by molar-refractivity contribution is -0.137. The van der Waals surface area contributed by atoms with E-state index in [0.29, 0.717) is 33.8 Å². The van der Waals surface area contributed by atoms with Gasteiger partial charge in [-0.15, -0.1) is 10.2 Å². The van der Waals surface area contributed by atoms with Crippen molar-refractivity contribution in [2.75, 3.05) is 0 Å². The van der Waals surface area contributed by atoms with Crippen LogP contribution in [0, 0.1) is 6.92 Å². The van der Waals surface area contributed by atoms with Gasteiger partial charge < -0.3 is 4.42 Å². The molecule has 0 N–H and O–H groups in total. The van der Waals surface area contributed by atoms with Crippen molar-refractivity contribution in [2.45, 2.75) is 56.6 Å². The van der Waals surface area contributed by atoms with Gasteiger partial charge in [0.1, 0.15) is 0 Å². The zero-order valence-corrected chi connectivity index (χ0v) is 19.3. The van der Waals surface area contributed by atoms with Crippen LogP contribution >= 0.6 is 0 Å². The maximum absolute atomic E-state index is 13.5. The van der Waals surface area contributed by atoms with Crippen molar-refractivity contribution in [1.82, 2.24) is 14.5 Å². The zero-order chi connectivity index (χ0) is 24.7. The summed E-state index contributed by atoms with van der Waals surface area (Å²) in [6.07, 6.45) is -2.46. The predicted molar refractivity (Wildman–Crippen MR) is 115 cm³/mol. The molecule has 1 amide bonds. The van der Waals surface area contributed by atoms with E-state index in [1.807, 2.05) is 6.92 Å². The number of aromatic nitrogens is 2. The minimum atomic E-state index is -4.68. The zero-order valence-electron chi connectivity index (χ0n) is 18.5. The van der Waals surface area contributed by atoms with Gasteiger partial charge in [-0.2, -0.15) is 13.2 Å². The molecular formula is C23H22F3N3O4S. The van der Waals surface area contributed by atoms with E-state index in [0.717, 1.165) is 31.0 Å². The van der Waals surface area contributed by atoms with Crippen LogP contribution in [0.15, 0.2) is 51.8 Å². The average Bonchev–Trinajstić information content (AvgIpc) is 3.32. The Morgan fingerprint density at radius 2 is 1.82 bits per heavy atom. The first kappa shape index (κ1) is 23.9. The maximum atomic E-state index is 13.5. The summed E-state index contributed by atoms with van der Waals surface area (Å²) in [5.41, 5.74) is -0.648. The van der Waals surface area contributed by atoms with Gasteiger partial charge in [-0.25, -0.2) is 12.7 Å². The normalized spacial score (nSPS) is 17.1. The van der Waals surface area contributed by atoms with Crippen LogP contribution in [0.1, 0.15) is 64.6 Å². The highest BCUT2D eigenvalue weighted by molar-refractivity contribution is 7.90. The summed E-state index contributed by atoms with van der Waals surface area (Å²) >= 11 is 0. The average molecular weight is 494 g/mol. The number of amides is 1. The van der Waals surface area contributed by atoms with Gasteiger partial charge in [-0.1, -0.05) is 37.6 Å². The molecule has 11 heteroatoms. The van der Waals surface area contributed by atoms with Crippen LogP contribution in [0.4, 0.5) is 13.2 Å². The monoisotopic (exact) mass is 493 g/mol. The molecule has 7 nitrogen and oxygen atoms in total. The van der Waals surface area contributed by atoms with E-state index < -0.39 is 33.7 Å². The highest BCUT2D eigenvalue weighted by Gasteiger charge is 2.47. The number of halogens is 3. The summed E-state index contributed by atoms with van der Waals surface area (Å²) in [5, 5.41) is 7.97. The number of aryl methyl sites for hydroxylation is 2. The molecule has 0 aliphatic carbocycles. The number of hydrogen-bond donors (Lipinski definition) is 0. The molecule has 4 rings (SSSR count). The number of hydrogen-bond acceptors (Lipinski definition) is 6. The fourth-order valence-electron chi connectivity index (χ4n) is 4.05. The van der Waals surface area contributed by atoms with Gasteiger partial charge in [0.2, 0.25) is 11.8 Å². The Morgan fingerprint density at radius 3 is 2.53 bits per heavy atom. The summed E-state index contributed by atoms with van der Waals surface area (Å²) in [5.74, 6) is -0.516. The minimum absolute atomic E-state index is 0.0361. The molecule has 0 bridgehead atoms. The van der Waals surface area contributed by atoms with Gasteiger partial charge in [-0.3, -0.25) is 4.79 Å². The summed E-state index contributed by atoms with van der Waals surface area (Å²) in [6.45, 7) is 3.61. The molecule has 1 aliphatic heterocycles. The Kier molecular flexibility index (Phi) is 6.24. The highest BCUT2D eigenvalue weighted by Crippen LogP contribution is 2.44. The van der Waals surface area contributed by atoms with Crippen LogP contribution in [0.3, 0.4) is 0 Å². The second-order valence-corrected chi connectivity index (χ2v) is 9.84. The highest BCUT2D eigenvalue weighted by atomic mass is 32.2. The number of fused-ring (bicyclic) bond motifs is 1. The molecule has 1 unspecified atom stereocenters. The van der Waals surface area contributed by atoms with E-state index in [4.69, 9.17) is 4.42 Å². The third kappa shape index (κ3) is 4.31. The van der Waals surface area contributed by atoms with Crippen molar-refractivity contribution in [2.24, 2.45) is 0 Å². The second kappa shape index (κ2) is 8.86. The molecule has 3 aromatic rings. The molecule has 2 aromatic carbocycles. The molecule has 0 saturated carbocycles. The minimum Gasteiger partial charge on any atom is -0.425 e. The predicted octanol–water partition coefficient (Wildman–Crippen LogP) is 4.87. The Labute approximate surface area is 194 Å². The third-order valence-corrected chi connectivity index (χ3v) is 7.67. The van der Waals surface area contributed by atoms with Crippen molar-refractivity contribution < 1.29 is 30.8 Å². The van der Waals surface area contributed by atoms with Crippen LogP contribution in [0.5, 0.6) is 0 Å². The molecule has 0 fully saturated rings. The Hall–Kier alpha value is -3.21. The summed E-state index contributed by atoms with van der Waals surface area (Å²) in [6, 6.07) is 7.51. The van der Waals surface area contributed by atoms with Crippen molar-refractivity contribution in [1.29, 1.82) is 0 Å². The molecule has 0 radical (unpaired) electrons. The van der Waals surface area contributed by atoms with Crippen LogP contribution < -0.4 is 0 Å². The molecule has 0 saturated heterocycles. The second-order valence-electron chi connectivity index (χ2n) is 8.09. The largest absolute Gasteiger partial charge is 0.425 e. The molecule has 2 heterocycles. The number of unbranched alkanes of at least 4 members (excludes halogenated alkanes) is 1. The number of sulfonamides is 1. The number of carbonyl (C=O) groups excluding carboxylic acids is 1. The van der Waals surface area contributed by atoms with Gasteiger partial charge in [0, 0.05) is 12.0 Å². The van der Waals surface area contributed by atoms with Crippen molar-refractivity contribution >= 4 is 15.9 Å². The third-order valence-electron chi connectivity index (χ3n) is 5.66. The first-order valence-corrected chi connectivity index (χ1v) is 12.1. The number of nitrogens with zero attached hydrogens (tertiary/aromatic N) is 3. The van der Waals surface area contributed by atoms with E-state index in [1.165, 1.54) is 0 Å². The fraction of sp³-hybridized carbons (Fsp3) is 0.348. The van der Waals surface area contributed by atoms with Crippen LogP contribution in [0.25, 0.3) is 0 Å². The van der Waals surface area contributed by atoms with Gasteiger partial charge in [0.25, 0.3) is 15.9 Å². The van der Waals surface area contributed by atoms with Gasteiger partial charge in [0.05, 0.1) is 22.9 Å². The lowest BCUT2D eigenvalue weighted by Gasteiger charge is -2.23. The molecule has 1 atom stereocenters. The molecular weight excluding hydrogens is 471 g/mol. The van der Waals surface area contributed by atoms with Gasteiger partial charge >= 0.3 is 6.18 Å². The van der Waals surface area contributed by atoms with E-state index in [-0.39, 0.29) is 22.8 Å². The Morgan fingerprint density at radius 1 is 1.12 bits per heavy atom. The van der Waals surface area contributed by atoms with Crippen LogP contribution in [-0.4, -0.2) is 28.8 Å². The molecule has 0 spiro atoms. The molecule has 34 heavy (non-hydrogen) atoms. The standard InChI is InChI=1S/C23H22F3N3O4S/c1-3-4-11-19-27-28-20(33-19)13-18-17-10-5-7-14(2)21(17)34(31,32)29(18)22(30)15-8-6-9-16(12-15)23(24,25)26/h5-10,12,18H,3-4,11,13H2,1-2H3. The van der Waals surface area contributed by atoms with Crippen molar-refractivity contribution in [3.8, 4) is 0 Å². The van der Waals surface area contributed by atoms with E-state index in [1.54, 1.807) is 25.1 Å². The van der Waals surface area contributed by atoms with E-state index >= 15 is 0 Å². The first-order chi connectivity index (χ1) is 16.0. The Bertz CT molecular complexity index is 1340. The quantitative estimate of drug-likeness (QED) is 0.487. The molecule has 1 aliphatic rings. The summed E-state index contributed by atoms with van der Waals surface area (Å²) < 4.78 is 72.9. The Balaban J connectivity index is 1.77. The number of carbonyl (C=O) groups is 1. The first-order valence-electron chi connectivity index (χ1n) is 10.7. The van der Waals surface area contributed by atoms with Crippen molar-refractivity contribution in [3.63, 3.8) is 0 Å². The maximum Gasteiger partial charge on any atom is 0.416 e. The molecule has 180 valence electrons. The van der Waals surface area contributed by atoms with Crippen LogP contribution in [0.2, 0.25) is 0 Å². The lowest BCUT2D eigenvalue weighted by atomic mass is 10.0. The smallest absolute Gasteiger partial charge is 0.416 e.